The van der Waals surface area contributed by atoms with Crippen LogP contribution < -0.4 is 5.32 Å². The van der Waals surface area contributed by atoms with Crippen LogP contribution in [-0.4, -0.2) is 59.2 Å². The number of piperidine rings is 1. The van der Waals surface area contributed by atoms with Gasteiger partial charge in [0.05, 0.1) is 11.9 Å². The lowest BCUT2D eigenvalue weighted by Crippen LogP contribution is -2.45. The third-order valence-electron chi connectivity index (χ3n) is 4.61. The maximum absolute atomic E-state index is 12.4. The van der Waals surface area contributed by atoms with Crippen LogP contribution in [0.4, 0.5) is 11.6 Å². The number of hydrogen-bond donors (Lipinski definition) is 1. The zero-order chi connectivity index (χ0) is 19.6. The average molecular weight is 391 g/mol. The van der Waals surface area contributed by atoms with Gasteiger partial charge in [0.25, 0.3) is 10.2 Å². The summed E-state index contributed by atoms with van der Waals surface area (Å²) in [6.07, 6.45) is 3.50. The molecule has 1 aliphatic rings. The van der Waals surface area contributed by atoms with Crippen molar-refractivity contribution >= 4 is 21.8 Å². The summed E-state index contributed by atoms with van der Waals surface area (Å²) in [5, 5.41) is 3.17. The normalized spacial score (nSPS) is 18.6. The summed E-state index contributed by atoms with van der Waals surface area (Å²) < 4.78 is 27.6. The van der Waals surface area contributed by atoms with Crippen molar-refractivity contribution in [2.45, 2.75) is 32.6 Å². The number of nitrogens with zero attached hydrogens (tertiary/aromatic N) is 5. The molecule has 0 aliphatic carbocycles. The molecule has 1 N–H and O–H groups in total. The number of anilines is 2. The fraction of sp³-hybridized carbons (Fsp3) is 0.500. The van der Waals surface area contributed by atoms with Crippen LogP contribution in [0.5, 0.6) is 0 Å². The van der Waals surface area contributed by atoms with E-state index in [1.54, 1.807) is 24.6 Å². The highest BCUT2D eigenvalue weighted by Gasteiger charge is 2.31. The monoisotopic (exact) mass is 390 g/mol. The van der Waals surface area contributed by atoms with Gasteiger partial charge >= 0.3 is 0 Å². The minimum Gasteiger partial charge on any atom is -0.323 e. The maximum Gasteiger partial charge on any atom is 0.281 e. The Morgan fingerprint density at radius 1 is 1.19 bits per heavy atom. The van der Waals surface area contributed by atoms with Gasteiger partial charge in [-0.25, -0.2) is 9.97 Å². The Hall–Kier alpha value is -2.10. The van der Waals surface area contributed by atoms with Crippen LogP contribution in [-0.2, 0) is 10.2 Å². The molecule has 1 aliphatic heterocycles. The molecule has 0 bridgehead atoms. The molecule has 9 heteroatoms. The number of nitrogens with one attached hydrogen (secondary N) is 1. The third-order valence-corrected chi connectivity index (χ3v) is 6.52. The van der Waals surface area contributed by atoms with Gasteiger partial charge in [-0.1, -0.05) is 0 Å². The number of hydrogen-bond acceptors (Lipinski definition) is 6. The van der Waals surface area contributed by atoms with E-state index in [1.165, 1.54) is 4.31 Å². The van der Waals surface area contributed by atoms with Gasteiger partial charge in [0.2, 0.25) is 5.95 Å². The van der Waals surface area contributed by atoms with Gasteiger partial charge in [-0.15, -0.1) is 0 Å². The largest absolute Gasteiger partial charge is 0.323 e. The zero-order valence-corrected chi connectivity index (χ0v) is 17.0. The van der Waals surface area contributed by atoms with Gasteiger partial charge in [0.1, 0.15) is 0 Å². The van der Waals surface area contributed by atoms with Crippen molar-refractivity contribution in [3.63, 3.8) is 0 Å². The Kier molecular flexibility index (Phi) is 5.73. The molecule has 2 aromatic heterocycles. The number of rotatable bonds is 5. The molecule has 0 spiro atoms. The molecule has 1 atom stereocenters. The topological polar surface area (TPSA) is 91.3 Å². The van der Waals surface area contributed by atoms with Crippen LogP contribution in [0.3, 0.4) is 0 Å². The van der Waals surface area contributed by atoms with Crippen molar-refractivity contribution in [3.8, 4) is 0 Å². The lowest BCUT2D eigenvalue weighted by molar-refractivity contribution is 0.296. The van der Waals surface area contributed by atoms with Crippen LogP contribution in [0.15, 0.2) is 24.4 Å². The smallest absolute Gasteiger partial charge is 0.281 e. The highest BCUT2D eigenvalue weighted by atomic mass is 32.2. The van der Waals surface area contributed by atoms with Crippen LogP contribution in [0.2, 0.25) is 0 Å². The SMILES string of the molecule is Cc1cc(C)nc(Nc2ccc([C@@H]3CCCN(S(=O)(=O)N(C)C)C3)nc2)n1. The summed E-state index contributed by atoms with van der Waals surface area (Å²) >= 11 is 0. The van der Waals surface area contributed by atoms with Gasteiger partial charge in [0, 0.05) is 50.2 Å². The third kappa shape index (κ3) is 4.60. The molecule has 1 fully saturated rings. The molecule has 8 nitrogen and oxygen atoms in total. The predicted octanol–water partition coefficient (Wildman–Crippen LogP) is 2.22. The van der Waals surface area contributed by atoms with Crippen molar-refractivity contribution in [1.29, 1.82) is 0 Å². The Labute approximate surface area is 160 Å². The van der Waals surface area contributed by atoms with Crippen molar-refractivity contribution < 1.29 is 8.42 Å². The first-order valence-corrected chi connectivity index (χ1v) is 10.4. The Morgan fingerprint density at radius 2 is 1.89 bits per heavy atom. The molecule has 0 amide bonds. The maximum atomic E-state index is 12.4. The fourth-order valence-electron chi connectivity index (χ4n) is 3.26. The van der Waals surface area contributed by atoms with Crippen molar-refractivity contribution in [1.82, 2.24) is 23.6 Å². The van der Waals surface area contributed by atoms with Crippen molar-refractivity contribution in [2.24, 2.45) is 0 Å². The minimum absolute atomic E-state index is 0.0972. The quantitative estimate of drug-likeness (QED) is 0.842. The average Bonchev–Trinajstić information content (AvgIpc) is 2.61. The van der Waals surface area contributed by atoms with Gasteiger partial charge in [-0.3, -0.25) is 4.98 Å². The van der Waals surface area contributed by atoms with E-state index in [4.69, 9.17) is 0 Å². The predicted molar refractivity (Wildman–Crippen MR) is 105 cm³/mol. The first kappa shape index (κ1) is 19.7. The Morgan fingerprint density at radius 3 is 2.48 bits per heavy atom. The van der Waals surface area contributed by atoms with Gasteiger partial charge in [-0.2, -0.15) is 17.0 Å². The molecule has 3 heterocycles. The standard InChI is InChI=1S/C18H26N6O2S/c1-13-10-14(2)21-18(20-13)22-16-7-8-17(19-11-16)15-6-5-9-24(12-15)27(25,26)23(3)4/h7-8,10-11,15H,5-6,9,12H2,1-4H3,(H,20,21,22)/t15-/m1/s1. The zero-order valence-electron chi connectivity index (χ0n) is 16.2. The van der Waals surface area contributed by atoms with E-state index in [2.05, 4.69) is 20.3 Å². The second-order valence-electron chi connectivity index (χ2n) is 7.06. The molecule has 2 aromatic rings. The molecule has 3 rings (SSSR count). The Bertz CT molecular complexity index is 878. The Balaban J connectivity index is 1.71. The first-order valence-electron chi connectivity index (χ1n) is 8.98. The summed E-state index contributed by atoms with van der Waals surface area (Å²) in [5.74, 6) is 0.642. The number of aromatic nitrogens is 3. The molecule has 0 aromatic carbocycles. The summed E-state index contributed by atoms with van der Waals surface area (Å²) in [4.78, 5) is 13.3. The molecule has 27 heavy (non-hydrogen) atoms. The van der Waals surface area contributed by atoms with Crippen LogP contribution in [0, 0.1) is 13.8 Å². The van der Waals surface area contributed by atoms with E-state index in [-0.39, 0.29) is 5.92 Å². The summed E-state index contributed by atoms with van der Waals surface area (Å²) in [6, 6.07) is 5.80. The second kappa shape index (κ2) is 7.87. The summed E-state index contributed by atoms with van der Waals surface area (Å²) in [5.41, 5.74) is 3.51. The molecule has 146 valence electrons. The molecule has 0 unspecified atom stereocenters. The van der Waals surface area contributed by atoms with Crippen LogP contribution >= 0.6 is 0 Å². The summed E-state index contributed by atoms with van der Waals surface area (Å²) in [6.45, 7) is 4.87. The van der Waals surface area contributed by atoms with E-state index in [0.717, 1.165) is 35.6 Å². The van der Waals surface area contributed by atoms with E-state index in [0.29, 0.717) is 19.0 Å². The van der Waals surface area contributed by atoms with E-state index >= 15 is 0 Å². The second-order valence-corrected chi connectivity index (χ2v) is 9.20. The van der Waals surface area contributed by atoms with E-state index in [1.807, 2.05) is 32.0 Å². The minimum atomic E-state index is -3.39. The molecule has 0 radical (unpaired) electrons. The number of pyridine rings is 1. The molecular formula is C18H26N6O2S. The number of aryl methyl sites for hydroxylation is 2. The first-order chi connectivity index (χ1) is 12.8. The highest BCUT2D eigenvalue weighted by Crippen LogP contribution is 2.28. The fourth-order valence-corrected chi connectivity index (χ4v) is 4.45. The summed E-state index contributed by atoms with van der Waals surface area (Å²) in [7, 11) is -0.263. The van der Waals surface area contributed by atoms with Crippen molar-refractivity contribution in [3.05, 3.63) is 41.5 Å². The van der Waals surface area contributed by atoms with Gasteiger partial charge in [0.15, 0.2) is 0 Å². The van der Waals surface area contributed by atoms with Crippen LogP contribution in [0.25, 0.3) is 0 Å². The molecular weight excluding hydrogens is 364 g/mol. The molecule has 0 saturated carbocycles. The van der Waals surface area contributed by atoms with E-state index in [9.17, 15) is 8.42 Å². The lowest BCUT2D eigenvalue weighted by atomic mass is 9.95. The molecule has 1 saturated heterocycles. The van der Waals surface area contributed by atoms with Gasteiger partial charge in [-0.05, 0) is 44.9 Å². The van der Waals surface area contributed by atoms with E-state index < -0.39 is 10.2 Å². The van der Waals surface area contributed by atoms with Gasteiger partial charge < -0.3 is 5.32 Å². The van der Waals surface area contributed by atoms with Crippen molar-refractivity contribution in [2.75, 3.05) is 32.5 Å². The van der Waals surface area contributed by atoms with Crippen LogP contribution in [0.1, 0.15) is 35.8 Å². The lowest BCUT2D eigenvalue weighted by Gasteiger charge is -2.33. The highest BCUT2D eigenvalue weighted by molar-refractivity contribution is 7.86.